The van der Waals surface area contributed by atoms with Crippen molar-refractivity contribution in [3.8, 4) is 17.2 Å². The van der Waals surface area contributed by atoms with Gasteiger partial charge >= 0.3 is 0 Å². The van der Waals surface area contributed by atoms with E-state index in [1.165, 1.54) is 43.1 Å². The lowest BCUT2D eigenvalue weighted by molar-refractivity contribution is -0.130. The van der Waals surface area contributed by atoms with Crippen molar-refractivity contribution < 1.29 is 28.2 Å². The highest BCUT2D eigenvalue weighted by Gasteiger charge is 2.33. The number of nitrogens with one attached hydrogen (secondary N) is 1. The number of hydrogen-bond donors (Lipinski definition) is 1. The van der Waals surface area contributed by atoms with E-state index in [0.717, 1.165) is 22.4 Å². The van der Waals surface area contributed by atoms with Crippen LogP contribution in [0.5, 0.6) is 17.2 Å². The fourth-order valence-electron chi connectivity index (χ4n) is 5.56. The lowest BCUT2D eigenvalue weighted by atomic mass is 9.98. The van der Waals surface area contributed by atoms with Crippen LogP contribution in [0.1, 0.15) is 45.3 Å². The third-order valence-electron chi connectivity index (χ3n) is 8.20. The fourth-order valence-corrected chi connectivity index (χ4v) is 6.36. The van der Waals surface area contributed by atoms with Gasteiger partial charge in [0.15, 0.2) is 22.5 Å². The molecule has 1 aliphatic rings. The number of aromatic nitrogens is 3. The first-order chi connectivity index (χ1) is 24.4. The van der Waals surface area contributed by atoms with Crippen molar-refractivity contribution >= 4 is 29.3 Å². The zero-order valence-electron chi connectivity index (χ0n) is 27.7. The van der Waals surface area contributed by atoms with E-state index in [1.54, 1.807) is 37.4 Å². The third kappa shape index (κ3) is 7.78. The van der Waals surface area contributed by atoms with Crippen LogP contribution in [0.3, 0.4) is 0 Å². The van der Waals surface area contributed by atoms with Crippen LogP contribution in [-0.4, -0.2) is 64.4 Å². The summed E-state index contributed by atoms with van der Waals surface area (Å²) >= 11 is 1.23. The van der Waals surface area contributed by atoms with Gasteiger partial charge in [-0.2, -0.15) is 5.10 Å². The molecule has 1 N–H and O–H groups in total. The molecule has 2 heterocycles. The van der Waals surface area contributed by atoms with Crippen molar-refractivity contribution in [2.24, 2.45) is 5.10 Å². The number of halogens is 1. The van der Waals surface area contributed by atoms with E-state index < -0.39 is 6.04 Å². The summed E-state index contributed by atoms with van der Waals surface area (Å²) in [4.78, 5) is 27.0. The van der Waals surface area contributed by atoms with E-state index in [0.29, 0.717) is 46.8 Å². The van der Waals surface area contributed by atoms with E-state index >= 15 is 0 Å². The first-order valence-electron chi connectivity index (χ1n) is 15.7. The predicted octanol–water partition coefficient (Wildman–Crippen LogP) is 5.89. The molecule has 1 aliphatic heterocycles. The number of amides is 2. The Balaban J connectivity index is 1.21. The summed E-state index contributed by atoms with van der Waals surface area (Å²) in [6.07, 6.45) is 0.461. The van der Waals surface area contributed by atoms with Crippen LogP contribution in [0, 0.1) is 5.82 Å². The molecule has 256 valence electrons. The minimum Gasteiger partial charge on any atom is -0.497 e. The molecule has 0 bridgehead atoms. The van der Waals surface area contributed by atoms with Crippen molar-refractivity contribution in [3.05, 3.63) is 131 Å². The van der Waals surface area contributed by atoms with E-state index in [2.05, 4.69) is 15.5 Å². The Morgan fingerprint density at radius 2 is 1.62 bits per heavy atom. The highest BCUT2D eigenvalue weighted by atomic mass is 32.2. The lowest BCUT2D eigenvalue weighted by Gasteiger charge is -2.22. The molecule has 6 rings (SSSR count). The first-order valence-corrected chi connectivity index (χ1v) is 16.7. The molecule has 1 aromatic heterocycles. The Labute approximate surface area is 293 Å². The van der Waals surface area contributed by atoms with Crippen LogP contribution in [0.25, 0.3) is 0 Å². The Morgan fingerprint density at radius 1 is 0.880 bits per heavy atom. The molecule has 11 nitrogen and oxygen atoms in total. The molecule has 13 heteroatoms. The maximum Gasteiger partial charge on any atom is 0.253 e. The average Bonchev–Trinajstić information content (AvgIpc) is 3.77. The molecule has 5 aromatic rings. The van der Waals surface area contributed by atoms with E-state index in [4.69, 9.17) is 19.3 Å². The van der Waals surface area contributed by atoms with Gasteiger partial charge in [-0.1, -0.05) is 54.2 Å². The monoisotopic (exact) mass is 694 g/mol. The zero-order valence-corrected chi connectivity index (χ0v) is 28.5. The van der Waals surface area contributed by atoms with Gasteiger partial charge in [0.1, 0.15) is 11.6 Å². The van der Waals surface area contributed by atoms with Crippen LogP contribution >= 0.6 is 11.8 Å². The first kappa shape index (κ1) is 34.2. The van der Waals surface area contributed by atoms with Crippen LogP contribution < -0.4 is 19.5 Å². The minimum absolute atomic E-state index is 0.0159. The fraction of sp³-hybridized carbons (Fsp3) is 0.216. The molecule has 1 unspecified atom stereocenters. The van der Waals surface area contributed by atoms with Gasteiger partial charge < -0.3 is 24.1 Å². The molecule has 2 amide bonds. The molecule has 0 saturated carbocycles. The van der Waals surface area contributed by atoms with Crippen molar-refractivity contribution in [1.29, 1.82) is 0 Å². The van der Waals surface area contributed by atoms with Crippen LogP contribution in [-0.2, 0) is 17.9 Å². The molecule has 0 fully saturated rings. The Kier molecular flexibility index (Phi) is 10.7. The SMILES string of the molecule is COc1ccc(C2=NN(C(=O)CSc3nnc(CNC(=O)c4ccc(OC)c(OC)c4)n3Cc3ccccc3)C(c3ccc(F)cc3)C2)cc1. The summed E-state index contributed by atoms with van der Waals surface area (Å²) < 4.78 is 31.6. The standard InChI is InChI=1S/C37H35FN6O5S/c1-47-29-16-11-25(12-17-29)30-20-31(26-9-14-28(38)15-10-26)44(42-30)35(45)23-50-37-41-40-34(43(37)22-24-7-5-4-6-8-24)21-39-36(46)27-13-18-32(48-2)33(19-27)49-3/h4-19,31H,20-23H2,1-3H3,(H,39,46). The summed E-state index contributed by atoms with van der Waals surface area (Å²) in [5, 5.41) is 18.4. The second kappa shape index (κ2) is 15.7. The number of ether oxygens (including phenoxy) is 3. The summed E-state index contributed by atoms with van der Waals surface area (Å²) in [6.45, 7) is 0.517. The average molecular weight is 695 g/mol. The molecule has 0 spiro atoms. The third-order valence-corrected chi connectivity index (χ3v) is 9.15. The minimum atomic E-state index is -0.412. The van der Waals surface area contributed by atoms with Gasteiger partial charge in [-0.3, -0.25) is 9.59 Å². The van der Waals surface area contributed by atoms with Gasteiger partial charge in [0, 0.05) is 12.0 Å². The van der Waals surface area contributed by atoms with Gasteiger partial charge in [0.2, 0.25) is 0 Å². The van der Waals surface area contributed by atoms with E-state index in [9.17, 15) is 14.0 Å². The van der Waals surface area contributed by atoms with E-state index in [1.807, 2.05) is 59.2 Å². The van der Waals surface area contributed by atoms with Crippen LogP contribution in [0.15, 0.2) is 107 Å². The number of benzene rings is 4. The largest absolute Gasteiger partial charge is 0.497 e. The number of methoxy groups -OCH3 is 3. The molecule has 50 heavy (non-hydrogen) atoms. The quantitative estimate of drug-likeness (QED) is 0.152. The predicted molar refractivity (Wildman–Crippen MR) is 187 cm³/mol. The van der Waals surface area contributed by atoms with Gasteiger partial charge in [-0.05, 0) is 71.3 Å². The van der Waals surface area contributed by atoms with Crippen molar-refractivity contribution in [3.63, 3.8) is 0 Å². The van der Waals surface area contributed by atoms with Gasteiger partial charge in [-0.15, -0.1) is 10.2 Å². The lowest BCUT2D eigenvalue weighted by Crippen LogP contribution is -2.28. The highest BCUT2D eigenvalue weighted by Crippen LogP contribution is 2.34. The van der Waals surface area contributed by atoms with Gasteiger partial charge in [-0.25, -0.2) is 9.40 Å². The van der Waals surface area contributed by atoms with Gasteiger partial charge in [0.25, 0.3) is 11.8 Å². The molecule has 0 saturated heterocycles. The van der Waals surface area contributed by atoms with Gasteiger partial charge in [0.05, 0.1) is 51.9 Å². The number of carbonyl (C=O) groups excluding carboxylic acids is 2. The molecule has 0 radical (unpaired) electrons. The maximum atomic E-state index is 13.9. The summed E-state index contributed by atoms with van der Waals surface area (Å²) in [5.74, 6) is 1.28. The second-order valence-electron chi connectivity index (χ2n) is 11.3. The molecule has 0 aliphatic carbocycles. The molecule has 1 atom stereocenters. The molecule has 4 aromatic carbocycles. The topological polar surface area (TPSA) is 120 Å². The summed E-state index contributed by atoms with van der Waals surface area (Å²) in [7, 11) is 4.64. The summed E-state index contributed by atoms with van der Waals surface area (Å²) in [6, 6.07) is 27.9. The Morgan fingerprint density at radius 3 is 2.32 bits per heavy atom. The van der Waals surface area contributed by atoms with Crippen molar-refractivity contribution in [2.45, 2.75) is 30.7 Å². The Hall–Kier alpha value is -5.69. The highest BCUT2D eigenvalue weighted by molar-refractivity contribution is 7.99. The Bertz CT molecular complexity index is 1990. The summed E-state index contributed by atoms with van der Waals surface area (Å²) in [5.41, 5.74) is 3.77. The van der Waals surface area contributed by atoms with Crippen molar-refractivity contribution in [1.82, 2.24) is 25.1 Å². The number of rotatable bonds is 13. The smallest absolute Gasteiger partial charge is 0.253 e. The number of hydrogen-bond acceptors (Lipinski definition) is 9. The van der Waals surface area contributed by atoms with E-state index in [-0.39, 0.29) is 29.9 Å². The molecular weight excluding hydrogens is 660 g/mol. The second-order valence-corrected chi connectivity index (χ2v) is 12.2. The number of nitrogens with zero attached hydrogens (tertiary/aromatic N) is 5. The number of carbonyl (C=O) groups is 2. The van der Waals surface area contributed by atoms with Crippen molar-refractivity contribution in [2.75, 3.05) is 27.1 Å². The van der Waals surface area contributed by atoms with Crippen LogP contribution in [0.4, 0.5) is 4.39 Å². The molecular formula is C37H35FN6O5S. The van der Waals surface area contributed by atoms with Crippen LogP contribution in [0.2, 0.25) is 0 Å². The normalized spacial score (nSPS) is 13.9. The number of thioether (sulfide) groups is 1. The zero-order chi connectivity index (χ0) is 35.0. The maximum absolute atomic E-state index is 13.9. The number of hydrazone groups is 1.